The van der Waals surface area contributed by atoms with Crippen molar-refractivity contribution in [3.63, 3.8) is 0 Å². The van der Waals surface area contributed by atoms with Crippen LogP contribution in [0.25, 0.3) is 6.08 Å². The van der Waals surface area contributed by atoms with Crippen LogP contribution in [0.5, 0.6) is 5.75 Å². The van der Waals surface area contributed by atoms with Crippen LogP contribution in [0.15, 0.2) is 83.5 Å². The Morgan fingerprint density at radius 3 is 2.59 bits per heavy atom. The molecule has 0 radical (unpaired) electrons. The summed E-state index contributed by atoms with van der Waals surface area (Å²) in [6, 6.07) is 21.2. The Morgan fingerprint density at radius 2 is 1.83 bits per heavy atom. The lowest BCUT2D eigenvalue weighted by atomic mass is 10.1. The largest absolute Gasteiger partial charge is 0.489 e. The Morgan fingerprint density at radius 1 is 1.03 bits per heavy atom. The highest BCUT2D eigenvalue weighted by molar-refractivity contribution is 6.12. The van der Waals surface area contributed by atoms with Crippen molar-refractivity contribution < 1.29 is 18.7 Å². The Kier molecular flexibility index (Phi) is 5.20. The van der Waals surface area contributed by atoms with E-state index < -0.39 is 5.97 Å². The number of rotatable bonds is 5. The van der Waals surface area contributed by atoms with E-state index in [4.69, 9.17) is 9.47 Å². The number of benzene rings is 3. The van der Waals surface area contributed by atoms with Crippen LogP contribution in [-0.4, -0.2) is 11.9 Å². The highest BCUT2D eigenvalue weighted by atomic mass is 19.1. The Balaban J connectivity index is 1.47. The number of halogens is 1. The van der Waals surface area contributed by atoms with Gasteiger partial charge in [-0.05, 0) is 48.9 Å². The van der Waals surface area contributed by atoms with Gasteiger partial charge in [-0.15, -0.1) is 0 Å². The minimum Gasteiger partial charge on any atom is -0.489 e. The van der Waals surface area contributed by atoms with Crippen LogP contribution in [0, 0.1) is 12.7 Å². The SMILES string of the molecule is Cc1cccc(C2=N/C(=C\c3ccc(OCc4ccccc4F)cc3)C(=O)O2)c1. The Labute approximate surface area is 167 Å². The molecule has 0 atom stereocenters. The van der Waals surface area contributed by atoms with Gasteiger partial charge in [-0.25, -0.2) is 14.2 Å². The normalized spacial score (nSPS) is 14.6. The van der Waals surface area contributed by atoms with Crippen LogP contribution < -0.4 is 4.74 Å². The maximum atomic E-state index is 13.7. The zero-order valence-corrected chi connectivity index (χ0v) is 15.8. The van der Waals surface area contributed by atoms with Gasteiger partial charge in [0.2, 0.25) is 5.90 Å². The van der Waals surface area contributed by atoms with Crippen molar-refractivity contribution in [3.05, 3.63) is 107 Å². The van der Waals surface area contributed by atoms with Gasteiger partial charge in [0.1, 0.15) is 18.2 Å². The molecular weight excluding hydrogens is 369 g/mol. The van der Waals surface area contributed by atoms with E-state index in [1.165, 1.54) is 6.07 Å². The highest BCUT2D eigenvalue weighted by Gasteiger charge is 2.24. The molecule has 1 heterocycles. The van der Waals surface area contributed by atoms with E-state index in [1.807, 2.05) is 31.2 Å². The number of esters is 1. The molecule has 29 heavy (non-hydrogen) atoms. The summed E-state index contributed by atoms with van der Waals surface area (Å²) in [6.45, 7) is 2.11. The standard InChI is InChI=1S/C24H18FNO3/c1-16-5-4-7-18(13-16)23-26-22(24(27)29-23)14-17-9-11-20(12-10-17)28-15-19-6-2-3-8-21(19)25/h2-14H,15H2,1H3/b22-14-. The smallest absolute Gasteiger partial charge is 0.363 e. The van der Waals surface area contributed by atoms with Crippen LogP contribution in [0.1, 0.15) is 22.3 Å². The van der Waals surface area contributed by atoms with Crippen LogP contribution >= 0.6 is 0 Å². The molecule has 3 aromatic carbocycles. The van der Waals surface area contributed by atoms with Gasteiger partial charge in [-0.1, -0.05) is 48.0 Å². The molecule has 0 amide bonds. The number of hydrogen-bond donors (Lipinski definition) is 0. The average Bonchev–Trinajstić information content (AvgIpc) is 3.09. The van der Waals surface area contributed by atoms with E-state index >= 15 is 0 Å². The number of cyclic esters (lactones) is 1. The number of nitrogens with zero attached hydrogens (tertiary/aromatic N) is 1. The van der Waals surface area contributed by atoms with E-state index in [9.17, 15) is 9.18 Å². The number of carbonyl (C=O) groups excluding carboxylic acids is 1. The summed E-state index contributed by atoms with van der Waals surface area (Å²) >= 11 is 0. The second-order valence-corrected chi connectivity index (χ2v) is 6.65. The molecule has 5 heteroatoms. The lowest BCUT2D eigenvalue weighted by Crippen LogP contribution is -2.05. The summed E-state index contributed by atoms with van der Waals surface area (Å²) in [4.78, 5) is 16.5. The molecule has 0 N–H and O–H groups in total. The van der Waals surface area contributed by atoms with Crippen molar-refractivity contribution in [2.24, 2.45) is 4.99 Å². The van der Waals surface area contributed by atoms with Crippen molar-refractivity contribution in [2.45, 2.75) is 13.5 Å². The molecule has 4 nitrogen and oxygen atoms in total. The molecule has 3 aromatic rings. The fourth-order valence-electron chi connectivity index (χ4n) is 2.91. The molecule has 0 aliphatic carbocycles. The number of aryl methyl sites for hydroxylation is 1. The van der Waals surface area contributed by atoms with Crippen molar-refractivity contribution >= 4 is 17.9 Å². The van der Waals surface area contributed by atoms with Crippen molar-refractivity contribution in [3.8, 4) is 5.75 Å². The first kappa shape index (κ1) is 18.6. The van der Waals surface area contributed by atoms with Gasteiger partial charge in [0.05, 0.1) is 0 Å². The summed E-state index contributed by atoms with van der Waals surface area (Å²) in [5.41, 5.74) is 3.33. The molecule has 1 aliphatic rings. The summed E-state index contributed by atoms with van der Waals surface area (Å²) in [7, 11) is 0. The average molecular weight is 387 g/mol. The Hall–Kier alpha value is -3.73. The van der Waals surface area contributed by atoms with Gasteiger partial charge >= 0.3 is 5.97 Å². The van der Waals surface area contributed by atoms with E-state index in [2.05, 4.69) is 4.99 Å². The zero-order valence-electron chi connectivity index (χ0n) is 15.8. The quantitative estimate of drug-likeness (QED) is 0.454. The van der Waals surface area contributed by atoms with Gasteiger partial charge < -0.3 is 9.47 Å². The molecule has 0 saturated heterocycles. The molecule has 0 aromatic heterocycles. The molecule has 0 bridgehead atoms. The topological polar surface area (TPSA) is 47.9 Å². The van der Waals surface area contributed by atoms with E-state index in [-0.39, 0.29) is 18.1 Å². The summed E-state index contributed by atoms with van der Waals surface area (Å²) in [6.07, 6.45) is 1.66. The first-order valence-corrected chi connectivity index (χ1v) is 9.14. The van der Waals surface area contributed by atoms with Crippen molar-refractivity contribution in [1.82, 2.24) is 0 Å². The number of hydrogen-bond acceptors (Lipinski definition) is 4. The molecule has 1 aliphatic heterocycles. The molecule has 144 valence electrons. The van der Waals surface area contributed by atoms with E-state index in [1.54, 1.807) is 48.5 Å². The van der Waals surface area contributed by atoms with E-state index in [0.29, 0.717) is 17.2 Å². The third-order valence-electron chi connectivity index (χ3n) is 4.42. The van der Waals surface area contributed by atoms with Crippen LogP contribution in [0.4, 0.5) is 4.39 Å². The Bertz CT molecular complexity index is 1120. The minimum atomic E-state index is -0.485. The first-order chi connectivity index (χ1) is 14.1. The maximum absolute atomic E-state index is 13.7. The fraction of sp³-hybridized carbons (Fsp3) is 0.0833. The van der Waals surface area contributed by atoms with E-state index in [0.717, 1.165) is 16.7 Å². The van der Waals surface area contributed by atoms with Gasteiger partial charge in [0.15, 0.2) is 5.70 Å². The van der Waals surface area contributed by atoms with Gasteiger partial charge in [0.25, 0.3) is 0 Å². The van der Waals surface area contributed by atoms with Crippen molar-refractivity contribution in [1.29, 1.82) is 0 Å². The molecule has 0 unspecified atom stereocenters. The highest BCUT2D eigenvalue weighted by Crippen LogP contribution is 2.21. The summed E-state index contributed by atoms with van der Waals surface area (Å²) in [5.74, 6) is 0.125. The first-order valence-electron chi connectivity index (χ1n) is 9.14. The molecule has 4 rings (SSSR count). The van der Waals surface area contributed by atoms with Crippen LogP contribution in [0.3, 0.4) is 0 Å². The van der Waals surface area contributed by atoms with Gasteiger partial charge in [-0.3, -0.25) is 0 Å². The number of aliphatic imine (C=N–C) groups is 1. The molecular formula is C24H18FNO3. The molecule has 0 fully saturated rings. The van der Waals surface area contributed by atoms with Crippen molar-refractivity contribution in [2.75, 3.05) is 0 Å². The zero-order chi connectivity index (χ0) is 20.2. The second-order valence-electron chi connectivity index (χ2n) is 6.65. The van der Waals surface area contributed by atoms with Gasteiger partial charge in [-0.2, -0.15) is 0 Å². The van der Waals surface area contributed by atoms with Gasteiger partial charge in [0, 0.05) is 11.1 Å². The molecule has 0 spiro atoms. The number of ether oxygens (including phenoxy) is 2. The third kappa shape index (κ3) is 4.41. The molecule has 0 saturated carbocycles. The lowest BCUT2D eigenvalue weighted by Gasteiger charge is -2.07. The predicted molar refractivity (Wildman–Crippen MR) is 109 cm³/mol. The second kappa shape index (κ2) is 8.10. The van der Waals surface area contributed by atoms with Crippen LogP contribution in [-0.2, 0) is 16.1 Å². The lowest BCUT2D eigenvalue weighted by molar-refractivity contribution is -0.129. The minimum absolute atomic E-state index is 0.142. The fourth-order valence-corrected chi connectivity index (χ4v) is 2.91. The number of carbonyl (C=O) groups is 1. The monoisotopic (exact) mass is 387 g/mol. The van der Waals surface area contributed by atoms with Crippen LogP contribution in [0.2, 0.25) is 0 Å². The predicted octanol–water partition coefficient (Wildman–Crippen LogP) is 5.06. The maximum Gasteiger partial charge on any atom is 0.363 e. The summed E-state index contributed by atoms with van der Waals surface area (Å²) in [5, 5.41) is 0. The summed E-state index contributed by atoms with van der Waals surface area (Å²) < 4.78 is 24.6. The third-order valence-corrected chi connectivity index (χ3v) is 4.42.